The van der Waals surface area contributed by atoms with Crippen LogP contribution in [0.15, 0.2) is 58.6 Å². The number of aromatic nitrogens is 2. The van der Waals surface area contributed by atoms with Crippen molar-refractivity contribution in [1.29, 1.82) is 0 Å². The molecule has 0 saturated carbocycles. The lowest BCUT2D eigenvalue weighted by molar-refractivity contribution is -0.164. The number of rotatable bonds is 8. The first-order valence-corrected chi connectivity index (χ1v) is 12.2. The van der Waals surface area contributed by atoms with Crippen LogP contribution in [0.5, 0.6) is 0 Å². The summed E-state index contributed by atoms with van der Waals surface area (Å²) in [4.78, 5) is 34.1. The molecule has 0 spiro atoms. The predicted octanol–water partition coefficient (Wildman–Crippen LogP) is 5.49. The molecule has 5 rings (SSSR count). The smallest absolute Gasteiger partial charge is 0.307 e. The molecule has 0 N–H and O–H groups in total. The summed E-state index contributed by atoms with van der Waals surface area (Å²) < 4.78 is 13.6. The van der Waals surface area contributed by atoms with E-state index >= 15 is 0 Å². The van der Waals surface area contributed by atoms with Gasteiger partial charge in [0.25, 0.3) is 5.56 Å². The van der Waals surface area contributed by atoms with Gasteiger partial charge >= 0.3 is 5.97 Å². The molecule has 0 aliphatic carbocycles. The van der Waals surface area contributed by atoms with Crippen LogP contribution in [0.2, 0.25) is 0 Å². The molecule has 3 aromatic rings. The monoisotopic (exact) mass is 485 g/mol. The summed E-state index contributed by atoms with van der Waals surface area (Å²) in [7, 11) is 0. The molecule has 184 valence electrons. The first-order valence-electron chi connectivity index (χ1n) is 12.2. The highest BCUT2D eigenvalue weighted by atomic mass is 16.6. The lowest BCUT2D eigenvalue weighted by Crippen LogP contribution is -2.42. The van der Waals surface area contributed by atoms with Crippen LogP contribution in [-0.2, 0) is 33.0 Å². The summed E-state index contributed by atoms with van der Waals surface area (Å²) in [5.74, 6) is -0.0633. The van der Waals surface area contributed by atoms with Crippen molar-refractivity contribution in [2.45, 2.75) is 57.8 Å². The average Bonchev–Trinajstić information content (AvgIpc) is 3.24. The highest BCUT2D eigenvalue weighted by molar-refractivity contribution is 5.84. The van der Waals surface area contributed by atoms with Crippen molar-refractivity contribution in [3.63, 3.8) is 0 Å². The van der Waals surface area contributed by atoms with Crippen molar-refractivity contribution < 1.29 is 14.3 Å². The van der Waals surface area contributed by atoms with Crippen LogP contribution in [0.3, 0.4) is 0 Å². The van der Waals surface area contributed by atoms with Gasteiger partial charge in [0, 0.05) is 34.4 Å². The van der Waals surface area contributed by atoms with Gasteiger partial charge in [-0.2, -0.15) is 0 Å². The standard InChI is InChI=1S/C27H27N5O4/c1-3-27(36-24(33)11-5-4-8-12-29-31-28)17(2)35-16-20-21(27)14-23-25-19(15-32(23)26(20)34)13-18-9-6-7-10-22(18)30-25/h6-7,9-10,13-14H,2-5,8,11-12,15-16H2,1H3/t27-/m1/s1. The van der Waals surface area contributed by atoms with Crippen molar-refractivity contribution in [3.8, 4) is 11.4 Å². The third kappa shape index (κ3) is 3.91. The number of carbonyl (C=O) groups excluding carboxylic acids is 1. The zero-order valence-electron chi connectivity index (χ0n) is 20.2. The second-order valence-corrected chi connectivity index (χ2v) is 9.13. The molecule has 36 heavy (non-hydrogen) atoms. The molecule has 0 fully saturated rings. The number of nitrogens with zero attached hydrogens (tertiary/aromatic N) is 5. The van der Waals surface area contributed by atoms with E-state index in [1.807, 2.05) is 37.3 Å². The Kier molecular flexibility index (Phi) is 6.24. The minimum absolute atomic E-state index is 0.0811. The first kappa shape index (κ1) is 23.6. The Morgan fingerprint density at radius 3 is 2.94 bits per heavy atom. The largest absolute Gasteiger partial charge is 0.489 e. The number of hydrogen-bond donors (Lipinski definition) is 0. The maximum atomic E-state index is 13.6. The average molecular weight is 486 g/mol. The van der Waals surface area contributed by atoms with Crippen LogP contribution >= 0.6 is 0 Å². The first-order chi connectivity index (χ1) is 17.5. The summed E-state index contributed by atoms with van der Waals surface area (Å²) >= 11 is 0. The molecule has 2 aliphatic rings. The Labute approximate surface area is 208 Å². The number of benzene rings is 1. The lowest BCUT2D eigenvalue weighted by Gasteiger charge is -2.39. The van der Waals surface area contributed by atoms with Gasteiger partial charge in [-0.3, -0.25) is 9.59 Å². The second-order valence-electron chi connectivity index (χ2n) is 9.13. The molecule has 0 bridgehead atoms. The number of unbranched alkanes of at least 4 members (excludes halogenated alkanes) is 2. The number of esters is 1. The molecule has 0 amide bonds. The molecule has 0 radical (unpaired) electrons. The van der Waals surface area contributed by atoms with E-state index in [4.69, 9.17) is 20.0 Å². The number of azide groups is 1. The van der Waals surface area contributed by atoms with E-state index in [1.165, 1.54) is 0 Å². The molecule has 1 aromatic carbocycles. The van der Waals surface area contributed by atoms with E-state index in [0.29, 0.717) is 54.9 Å². The summed E-state index contributed by atoms with van der Waals surface area (Å²) in [5, 5.41) is 4.53. The third-order valence-electron chi connectivity index (χ3n) is 7.04. The van der Waals surface area contributed by atoms with Gasteiger partial charge in [-0.05, 0) is 43.0 Å². The van der Waals surface area contributed by atoms with Crippen molar-refractivity contribution in [2.75, 3.05) is 6.54 Å². The molecule has 0 unspecified atom stereocenters. The summed E-state index contributed by atoms with van der Waals surface area (Å²) in [6.45, 7) is 6.87. The van der Waals surface area contributed by atoms with Crippen molar-refractivity contribution >= 4 is 16.9 Å². The number of para-hydroxylation sites is 1. The SMILES string of the molecule is C=C1OCc2c(cc3n(c2=O)Cc2cc4ccccc4nc2-3)[C@]1(CC)OC(=O)CCCCCN=[N+]=[N-]. The van der Waals surface area contributed by atoms with Gasteiger partial charge in [0.15, 0.2) is 5.60 Å². The fourth-order valence-corrected chi connectivity index (χ4v) is 5.13. The van der Waals surface area contributed by atoms with Gasteiger partial charge in [-0.15, -0.1) is 0 Å². The summed E-state index contributed by atoms with van der Waals surface area (Å²) in [6, 6.07) is 11.9. The van der Waals surface area contributed by atoms with E-state index < -0.39 is 5.60 Å². The number of ether oxygens (including phenoxy) is 2. The lowest BCUT2D eigenvalue weighted by atomic mass is 9.84. The zero-order chi connectivity index (χ0) is 25.3. The predicted molar refractivity (Wildman–Crippen MR) is 135 cm³/mol. The fraction of sp³-hybridized carbons (Fsp3) is 0.370. The van der Waals surface area contributed by atoms with Gasteiger partial charge in [0.1, 0.15) is 12.4 Å². The van der Waals surface area contributed by atoms with Crippen LogP contribution in [0.1, 0.15) is 55.7 Å². The molecular formula is C27H27N5O4. The highest BCUT2D eigenvalue weighted by Crippen LogP contribution is 2.44. The number of pyridine rings is 2. The van der Waals surface area contributed by atoms with E-state index in [-0.39, 0.29) is 24.6 Å². The maximum absolute atomic E-state index is 13.6. The van der Waals surface area contributed by atoms with Crippen LogP contribution in [0, 0.1) is 0 Å². The van der Waals surface area contributed by atoms with Crippen LogP contribution in [-0.4, -0.2) is 22.1 Å². The van der Waals surface area contributed by atoms with E-state index in [0.717, 1.165) is 28.6 Å². The van der Waals surface area contributed by atoms with Crippen molar-refractivity contribution in [2.24, 2.45) is 5.11 Å². The molecule has 9 nitrogen and oxygen atoms in total. The van der Waals surface area contributed by atoms with Crippen molar-refractivity contribution in [1.82, 2.24) is 9.55 Å². The number of carbonyl (C=O) groups is 1. The summed E-state index contributed by atoms with van der Waals surface area (Å²) in [5.41, 5.74) is 11.4. The minimum Gasteiger partial charge on any atom is -0.489 e. The van der Waals surface area contributed by atoms with Crippen molar-refractivity contribution in [3.05, 3.63) is 86.2 Å². The maximum Gasteiger partial charge on any atom is 0.307 e. The van der Waals surface area contributed by atoms with Crippen LogP contribution in [0.25, 0.3) is 32.7 Å². The van der Waals surface area contributed by atoms with Gasteiger partial charge in [-0.1, -0.05) is 43.2 Å². The van der Waals surface area contributed by atoms with Gasteiger partial charge in [-0.25, -0.2) is 4.98 Å². The van der Waals surface area contributed by atoms with Crippen LogP contribution < -0.4 is 5.56 Å². The Hall–Kier alpha value is -4.10. The normalized spacial score (nSPS) is 17.5. The Morgan fingerprint density at radius 2 is 2.14 bits per heavy atom. The van der Waals surface area contributed by atoms with Gasteiger partial charge in [0.05, 0.1) is 29.0 Å². The number of hydrogen-bond acceptors (Lipinski definition) is 6. The van der Waals surface area contributed by atoms with E-state index in [2.05, 4.69) is 22.7 Å². The Bertz CT molecular complexity index is 1490. The van der Waals surface area contributed by atoms with E-state index in [1.54, 1.807) is 4.57 Å². The summed E-state index contributed by atoms with van der Waals surface area (Å²) in [6.07, 6.45) is 2.64. The Morgan fingerprint density at radius 1 is 1.31 bits per heavy atom. The fourth-order valence-electron chi connectivity index (χ4n) is 5.13. The second kappa shape index (κ2) is 9.51. The topological polar surface area (TPSA) is 119 Å². The zero-order valence-corrected chi connectivity index (χ0v) is 20.2. The molecule has 2 aromatic heterocycles. The van der Waals surface area contributed by atoms with Gasteiger partial charge < -0.3 is 14.0 Å². The van der Waals surface area contributed by atoms with Crippen LogP contribution in [0.4, 0.5) is 0 Å². The molecule has 2 aliphatic heterocycles. The third-order valence-corrected chi connectivity index (χ3v) is 7.04. The molecule has 9 heteroatoms. The minimum atomic E-state index is -1.25. The van der Waals surface area contributed by atoms with Gasteiger partial charge in [0.2, 0.25) is 0 Å². The molecule has 0 saturated heterocycles. The Balaban J connectivity index is 1.50. The molecule has 1 atom stereocenters. The number of fused-ring (bicyclic) bond motifs is 5. The highest BCUT2D eigenvalue weighted by Gasteiger charge is 2.46. The molecular weight excluding hydrogens is 458 g/mol. The quantitative estimate of drug-likeness (QED) is 0.107. The molecule has 4 heterocycles. The van der Waals surface area contributed by atoms with E-state index in [9.17, 15) is 9.59 Å².